The van der Waals surface area contributed by atoms with Crippen LogP contribution in [-0.2, 0) is 4.79 Å². The van der Waals surface area contributed by atoms with Gasteiger partial charge in [-0.15, -0.1) is 0 Å². The molecule has 0 bridgehead atoms. The van der Waals surface area contributed by atoms with E-state index >= 15 is 0 Å². The third-order valence-corrected chi connectivity index (χ3v) is 4.38. The molecule has 1 atom stereocenters. The van der Waals surface area contributed by atoms with Crippen molar-refractivity contribution in [2.24, 2.45) is 0 Å². The van der Waals surface area contributed by atoms with E-state index in [1.165, 1.54) is 0 Å². The lowest BCUT2D eigenvalue weighted by atomic mass is 10.1. The topological polar surface area (TPSA) is 76.8 Å². The third kappa shape index (κ3) is 3.93. The highest BCUT2D eigenvalue weighted by Gasteiger charge is 2.30. The number of aromatic nitrogens is 1. The van der Waals surface area contributed by atoms with Gasteiger partial charge >= 0.3 is 0 Å². The van der Waals surface area contributed by atoms with Crippen LogP contribution in [0.5, 0.6) is 11.5 Å². The van der Waals surface area contributed by atoms with E-state index in [0.717, 1.165) is 30.8 Å². The van der Waals surface area contributed by atoms with Crippen LogP contribution >= 0.6 is 0 Å². The number of hydrogen-bond acceptors (Lipinski definition) is 6. The Morgan fingerprint density at radius 3 is 2.88 bits per heavy atom. The maximum absolute atomic E-state index is 12.5. The second-order valence-electron chi connectivity index (χ2n) is 6.11. The van der Waals surface area contributed by atoms with E-state index in [4.69, 9.17) is 14.0 Å². The van der Waals surface area contributed by atoms with Gasteiger partial charge in [0.2, 0.25) is 5.91 Å². The van der Waals surface area contributed by atoms with E-state index in [9.17, 15) is 4.79 Å². The van der Waals surface area contributed by atoms with Gasteiger partial charge in [0.15, 0.2) is 0 Å². The molecule has 0 saturated carbocycles. The first kappa shape index (κ1) is 17.3. The molecule has 1 amide bonds. The van der Waals surface area contributed by atoms with Gasteiger partial charge in [0.05, 0.1) is 32.5 Å². The van der Waals surface area contributed by atoms with Crippen LogP contribution in [0.2, 0.25) is 0 Å². The minimum Gasteiger partial charge on any atom is -0.497 e. The van der Waals surface area contributed by atoms with Gasteiger partial charge in [-0.1, -0.05) is 5.16 Å². The van der Waals surface area contributed by atoms with Crippen LogP contribution in [0.25, 0.3) is 0 Å². The summed E-state index contributed by atoms with van der Waals surface area (Å²) < 4.78 is 15.7. The molecule has 0 radical (unpaired) electrons. The average Bonchev–Trinajstić information content (AvgIpc) is 3.23. The van der Waals surface area contributed by atoms with Gasteiger partial charge < -0.3 is 19.3 Å². The Labute approximate surface area is 146 Å². The van der Waals surface area contributed by atoms with Gasteiger partial charge in [-0.25, -0.2) is 0 Å². The molecular formula is C18H23N3O4. The minimum absolute atomic E-state index is 0.0985. The molecule has 2 aromatic rings. The van der Waals surface area contributed by atoms with E-state index in [0.29, 0.717) is 17.2 Å². The number of rotatable bonds is 6. The number of methoxy groups -OCH3 is 2. The highest BCUT2D eigenvalue weighted by Crippen LogP contribution is 2.32. The Morgan fingerprint density at radius 2 is 2.20 bits per heavy atom. The van der Waals surface area contributed by atoms with Gasteiger partial charge in [-0.05, 0) is 38.4 Å². The number of likely N-dealkylation sites (tertiary alicyclic amines) is 1. The fraction of sp³-hybridized carbons (Fsp3) is 0.444. The zero-order valence-electron chi connectivity index (χ0n) is 14.7. The molecule has 25 heavy (non-hydrogen) atoms. The summed E-state index contributed by atoms with van der Waals surface area (Å²) in [6.07, 6.45) is 2.01. The summed E-state index contributed by atoms with van der Waals surface area (Å²) in [5.74, 6) is 1.94. The van der Waals surface area contributed by atoms with Crippen molar-refractivity contribution in [1.29, 1.82) is 0 Å². The zero-order chi connectivity index (χ0) is 17.8. The molecule has 1 aromatic carbocycles. The summed E-state index contributed by atoms with van der Waals surface area (Å²) in [6, 6.07) is 7.37. The zero-order valence-corrected chi connectivity index (χ0v) is 14.7. The van der Waals surface area contributed by atoms with Crippen molar-refractivity contribution >= 4 is 11.6 Å². The van der Waals surface area contributed by atoms with Gasteiger partial charge in [0.25, 0.3) is 0 Å². The number of amides is 1. The number of nitrogens with zero attached hydrogens (tertiary/aromatic N) is 2. The molecule has 1 aliphatic heterocycles. The Bertz CT molecular complexity index is 744. The predicted octanol–water partition coefficient (Wildman–Crippen LogP) is 2.78. The number of anilines is 1. The maximum atomic E-state index is 12.5. The van der Waals surface area contributed by atoms with Crippen molar-refractivity contribution in [2.45, 2.75) is 25.8 Å². The van der Waals surface area contributed by atoms with Gasteiger partial charge in [-0.2, -0.15) is 0 Å². The minimum atomic E-state index is -0.0985. The normalized spacial score (nSPS) is 17.5. The highest BCUT2D eigenvalue weighted by atomic mass is 16.5. The number of ether oxygens (including phenoxy) is 2. The molecule has 7 heteroatoms. The lowest BCUT2D eigenvalue weighted by molar-refractivity contribution is -0.117. The van der Waals surface area contributed by atoms with Crippen molar-refractivity contribution in [3.63, 3.8) is 0 Å². The lowest BCUT2D eigenvalue weighted by Gasteiger charge is -2.22. The van der Waals surface area contributed by atoms with Gasteiger partial charge in [0, 0.05) is 12.1 Å². The fourth-order valence-corrected chi connectivity index (χ4v) is 3.18. The Balaban J connectivity index is 1.68. The summed E-state index contributed by atoms with van der Waals surface area (Å²) in [6.45, 7) is 3.02. The summed E-state index contributed by atoms with van der Waals surface area (Å²) in [7, 11) is 3.16. The van der Waals surface area contributed by atoms with E-state index in [-0.39, 0.29) is 18.5 Å². The molecule has 1 N–H and O–H groups in total. The molecule has 0 aliphatic carbocycles. The van der Waals surface area contributed by atoms with Gasteiger partial charge in [0.1, 0.15) is 23.0 Å². The molecule has 1 aliphatic rings. The second kappa shape index (κ2) is 7.57. The van der Waals surface area contributed by atoms with Crippen molar-refractivity contribution in [3.8, 4) is 11.5 Å². The number of hydrogen-bond donors (Lipinski definition) is 1. The number of nitrogens with one attached hydrogen (secondary N) is 1. The summed E-state index contributed by atoms with van der Waals surface area (Å²) in [5.41, 5.74) is 1.49. The highest BCUT2D eigenvalue weighted by molar-refractivity contribution is 5.94. The fourth-order valence-electron chi connectivity index (χ4n) is 3.18. The Morgan fingerprint density at radius 1 is 1.36 bits per heavy atom. The molecule has 2 heterocycles. The number of benzene rings is 1. The van der Waals surface area contributed by atoms with Crippen LogP contribution in [0, 0.1) is 6.92 Å². The molecule has 1 aromatic heterocycles. The first-order valence-corrected chi connectivity index (χ1v) is 8.30. The van der Waals surface area contributed by atoms with Crippen LogP contribution in [0.4, 0.5) is 5.69 Å². The number of aryl methyl sites for hydroxylation is 1. The molecule has 0 unspecified atom stereocenters. The van der Waals surface area contributed by atoms with Crippen LogP contribution in [-0.4, -0.2) is 43.3 Å². The van der Waals surface area contributed by atoms with E-state index in [1.807, 2.05) is 13.0 Å². The molecule has 7 nitrogen and oxygen atoms in total. The van der Waals surface area contributed by atoms with Crippen molar-refractivity contribution in [2.75, 3.05) is 32.6 Å². The first-order chi connectivity index (χ1) is 12.1. The predicted molar refractivity (Wildman–Crippen MR) is 93.0 cm³/mol. The van der Waals surface area contributed by atoms with E-state index in [1.54, 1.807) is 32.4 Å². The number of carbonyl (C=O) groups is 1. The molecule has 0 spiro atoms. The third-order valence-electron chi connectivity index (χ3n) is 4.38. The molecule has 1 fully saturated rings. The lowest BCUT2D eigenvalue weighted by Crippen LogP contribution is -2.33. The van der Waals surface area contributed by atoms with Crippen molar-refractivity contribution in [3.05, 3.63) is 35.7 Å². The number of carbonyl (C=O) groups excluding carboxylic acids is 1. The summed E-state index contributed by atoms with van der Waals surface area (Å²) in [4.78, 5) is 14.6. The smallest absolute Gasteiger partial charge is 0.238 e. The van der Waals surface area contributed by atoms with Crippen LogP contribution in [0.3, 0.4) is 0 Å². The maximum Gasteiger partial charge on any atom is 0.238 e. The summed E-state index contributed by atoms with van der Waals surface area (Å²) >= 11 is 0. The molecule has 3 rings (SSSR count). The molecule has 1 saturated heterocycles. The van der Waals surface area contributed by atoms with E-state index in [2.05, 4.69) is 15.4 Å². The first-order valence-electron chi connectivity index (χ1n) is 8.30. The summed E-state index contributed by atoms with van der Waals surface area (Å²) in [5, 5.41) is 7.02. The van der Waals surface area contributed by atoms with Crippen LogP contribution in [0.1, 0.15) is 30.3 Å². The quantitative estimate of drug-likeness (QED) is 0.867. The molecular weight excluding hydrogens is 322 g/mol. The van der Waals surface area contributed by atoms with Crippen molar-refractivity contribution < 1.29 is 18.8 Å². The van der Waals surface area contributed by atoms with E-state index < -0.39 is 0 Å². The van der Waals surface area contributed by atoms with Crippen molar-refractivity contribution in [1.82, 2.24) is 10.1 Å². The monoisotopic (exact) mass is 345 g/mol. The van der Waals surface area contributed by atoms with Crippen LogP contribution in [0.15, 0.2) is 28.8 Å². The Kier molecular flexibility index (Phi) is 5.23. The SMILES string of the molecule is COc1ccc(OC)c(NC(=O)CN2CCC[C@H]2c2cc(C)on2)c1. The average molecular weight is 345 g/mol. The standard InChI is InChI=1S/C18H23N3O4/c1-12-9-14(20-25-12)16-5-4-8-21(16)11-18(22)19-15-10-13(23-2)6-7-17(15)24-3/h6-7,9-10,16H,4-5,8,11H2,1-3H3,(H,19,22)/t16-/m0/s1. The van der Waals surface area contributed by atoms with Crippen LogP contribution < -0.4 is 14.8 Å². The second-order valence-corrected chi connectivity index (χ2v) is 6.11. The Hall–Kier alpha value is -2.54. The molecule has 134 valence electrons. The largest absolute Gasteiger partial charge is 0.497 e. The van der Waals surface area contributed by atoms with Gasteiger partial charge in [-0.3, -0.25) is 9.69 Å².